The fraction of sp³-hybridized carbons (Fsp3) is 1.00. The zero-order valence-electron chi connectivity index (χ0n) is 4.21. The van der Waals surface area contributed by atoms with Crippen molar-refractivity contribution in [1.29, 1.82) is 0 Å². The number of rotatable bonds is 3. The van der Waals surface area contributed by atoms with E-state index in [4.69, 9.17) is 0 Å². The molecule has 0 bridgehead atoms. The van der Waals surface area contributed by atoms with Gasteiger partial charge in [-0.3, -0.25) is 0 Å². The summed E-state index contributed by atoms with van der Waals surface area (Å²) in [4.78, 5) is 0. The molecule has 0 unspecified atom stereocenters. The van der Waals surface area contributed by atoms with Gasteiger partial charge in [-0.15, -0.1) is 5.28 Å². The first-order chi connectivity index (χ1) is 2.91. The summed E-state index contributed by atoms with van der Waals surface area (Å²) in [6, 6.07) is 0. The van der Waals surface area contributed by atoms with Gasteiger partial charge in [0, 0.05) is 5.33 Å². The zero-order valence-corrected chi connectivity index (χ0v) is 7.79. The average Bonchev–Trinajstić information content (AvgIpc) is 1.61. The molecule has 0 fully saturated rings. The van der Waals surface area contributed by atoms with Gasteiger partial charge in [0.25, 0.3) is 0 Å². The molecule has 0 rings (SSSR count). The number of alkyl halides is 1. The Balaban J connectivity index is 2.34. The highest BCUT2D eigenvalue weighted by Gasteiger charge is 1.77. The lowest BCUT2D eigenvalue weighted by molar-refractivity contribution is 0.899. The molecule has 2 heteroatoms. The Morgan fingerprint density at radius 2 is 2.00 bits per heavy atom. The van der Waals surface area contributed by atoms with Crippen LogP contribution in [0.25, 0.3) is 0 Å². The molecule has 6 heavy (non-hydrogen) atoms. The maximum atomic E-state index is 3.37. The van der Waals surface area contributed by atoms with Crippen LogP contribution in [-0.2, 0) is 0 Å². The zero-order chi connectivity index (χ0) is 4.83. The van der Waals surface area contributed by atoms with Crippen molar-refractivity contribution in [3.05, 3.63) is 0 Å². The van der Waals surface area contributed by atoms with E-state index in [1.807, 2.05) is 0 Å². The third kappa shape index (κ3) is 5.01. The molecule has 0 N–H and O–H groups in total. The van der Waals surface area contributed by atoms with Crippen molar-refractivity contribution < 1.29 is 0 Å². The largest absolute Gasteiger partial charge is 0.211 e. The second-order valence-corrected chi connectivity index (χ2v) is 3.19. The van der Waals surface area contributed by atoms with Crippen LogP contribution in [0.2, 0.25) is 5.28 Å². The van der Waals surface area contributed by atoms with E-state index in [0.717, 1.165) is 0 Å². The van der Waals surface area contributed by atoms with Crippen molar-refractivity contribution in [3.8, 4) is 0 Å². The highest BCUT2D eigenvalue weighted by Crippen LogP contribution is 1.94. The summed E-state index contributed by atoms with van der Waals surface area (Å²) in [6.07, 6.45) is 2.79. The first-order valence-electron chi connectivity index (χ1n) is 2.47. The van der Waals surface area contributed by atoms with Crippen molar-refractivity contribution >= 4 is 32.2 Å². The van der Waals surface area contributed by atoms with Crippen LogP contribution in [0.3, 0.4) is 0 Å². The lowest BCUT2D eigenvalue weighted by Gasteiger charge is -1.84. The molecule has 36 valence electrons. The molecule has 0 atom stereocenters. The van der Waals surface area contributed by atoms with Crippen molar-refractivity contribution in [2.75, 3.05) is 5.33 Å². The van der Waals surface area contributed by atoms with E-state index in [1.165, 1.54) is 39.7 Å². The Labute approximate surface area is 55.9 Å². The average molecular weight is 165 g/mol. The fourth-order valence-corrected chi connectivity index (χ4v) is 1.24. The van der Waals surface area contributed by atoms with E-state index >= 15 is 0 Å². The van der Waals surface area contributed by atoms with Crippen LogP contribution in [0.1, 0.15) is 12.8 Å². The molecule has 0 aromatic carbocycles. The van der Waals surface area contributed by atoms with E-state index in [1.54, 1.807) is 0 Å². The molecule has 0 saturated heterocycles. The number of hydrogen-bond acceptors (Lipinski definition) is 0. The molecular weight excluding hydrogens is 155 g/mol. The number of halogens is 1. The molecule has 0 aliphatic rings. The second kappa shape index (κ2) is 6.01. The third-order valence-corrected chi connectivity index (χ3v) is 2.01. The lowest BCUT2D eigenvalue weighted by atomic mass is 10.4. The molecule has 0 aromatic heterocycles. The van der Waals surface area contributed by atoms with Gasteiger partial charge in [0.05, 0.1) is 0 Å². The standard InChI is InChI=1S/C4H8Br.Al.2H/c1-2-3-4-5;;;/h1-4H2;;;. The van der Waals surface area contributed by atoms with Gasteiger partial charge in [0.15, 0.2) is 0 Å². The molecular formula is C4H10AlBr. The van der Waals surface area contributed by atoms with E-state index in [0.29, 0.717) is 0 Å². The van der Waals surface area contributed by atoms with Crippen molar-refractivity contribution in [2.45, 2.75) is 18.1 Å². The summed E-state index contributed by atoms with van der Waals surface area (Å²) in [6.45, 7) is 0. The summed E-state index contributed by atoms with van der Waals surface area (Å²) in [5, 5.41) is 2.65. The number of hydrogen-bond donors (Lipinski definition) is 0. The minimum atomic E-state index is 1.19. The highest BCUT2D eigenvalue weighted by atomic mass is 79.9. The Morgan fingerprint density at radius 3 is 2.17 bits per heavy atom. The van der Waals surface area contributed by atoms with Gasteiger partial charge in [0.1, 0.15) is 0 Å². The summed E-state index contributed by atoms with van der Waals surface area (Å²) in [7, 11) is 0. The van der Waals surface area contributed by atoms with Crippen molar-refractivity contribution in [1.82, 2.24) is 0 Å². The van der Waals surface area contributed by atoms with Gasteiger partial charge in [0.2, 0.25) is 16.3 Å². The molecule has 0 nitrogen and oxygen atoms in total. The Bertz CT molecular complexity index is 19.5. The molecule has 0 amide bonds. The maximum Gasteiger partial charge on any atom is 0.211 e. The number of unbranched alkanes of at least 4 members (excludes halogenated alkanes) is 1. The normalized spacial score (nSPS) is 8.83. The Kier molecular flexibility index (Phi) is 7.03. The van der Waals surface area contributed by atoms with E-state index in [-0.39, 0.29) is 0 Å². The SMILES string of the molecule is [AlH2][CH2]CCCBr. The minimum absolute atomic E-state index is 1.19. The van der Waals surface area contributed by atoms with Gasteiger partial charge >= 0.3 is 0 Å². The van der Waals surface area contributed by atoms with Crippen molar-refractivity contribution in [3.63, 3.8) is 0 Å². The van der Waals surface area contributed by atoms with Crippen LogP contribution in [0.5, 0.6) is 0 Å². The summed E-state index contributed by atoms with van der Waals surface area (Å²) < 4.78 is 0. The van der Waals surface area contributed by atoms with Gasteiger partial charge in [-0.25, -0.2) is 0 Å². The van der Waals surface area contributed by atoms with E-state index in [2.05, 4.69) is 15.9 Å². The first-order valence-corrected chi connectivity index (χ1v) is 5.01. The van der Waals surface area contributed by atoms with E-state index < -0.39 is 0 Å². The highest BCUT2D eigenvalue weighted by molar-refractivity contribution is 9.09. The third-order valence-electron chi connectivity index (χ3n) is 0.737. The lowest BCUT2D eigenvalue weighted by Crippen LogP contribution is -1.72. The van der Waals surface area contributed by atoms with Crippen LogP contribution >= 0.6 is 15.9 Å². The Morgan fingerprint density at radius 1 is 1.33 bits per heavy atom. The van der Waals surface area contributed by atoms with Gasteiger partial charge < -0.3 is 0 Å². The predicted molar refractivity (Wildman–Crippen MR) is 36.4 cm³/mol. The minimum Gasteiger partial charge on any atom is -0.101 e. The monoisotopic (exact) mass is 164 g/mol. The van der Waals surface area contributed by atoms with Crippen LogP contribution in [0.15, 0.2) is 0 Å². The quantitative estimate of drug-likeness (QED) is 0.335. The summed E-state index contributed by atoms with van der Waals surface area (Å²) >= 11 is 4.75. The summed E-state index contributed by atoms with van der Waals surface area (Å²) in [5.74, 6) is 0. The molecule has 0 heterocycles. The first kappa shape index (κ1) is 7.01. The smallest absolute Gasteiger partial charge is 0.101 e. The van der Waals surface area contributed by atoms with Gasteiger partial charge in [-0.1, -0.05) is 22.4 Å². The molecule has 0 aliphatic carbocycles. The van der Waals surface area contributed by atoms with Crippen LogP contribution in [0.4, 0.5) is 0 Å². The maximum absolute atomic E-state index is 3.37. The molecule has 0 aliphatic heterocycles. The van der Waals surface area contributed by atoms with Crippen LogP contribution in [-0.4, -0.2) is 21.6 Å². The van der Waals surface area contributed by atoms with Crippen LogP contribution in [0, 0.1) is 0 Å². The van der Waals surface area contributed by atoms with Crippen LogP contribution < -0.4 is 0 Å². The molecule has 0 saturated carbocycles. The molecule has 0 spiro atoms. The van der Waals surface area contributed by atoms with E-state index in [9.17, 15) is 0 Å². The topological polar surface area (TPSA) is 0 Å². The molecule has 0 radical (unpaired) electrons. The van der Waals surface area contributed by atoms with Gasteiger partial charge in [-0.05, 0) is 6.42 Å². The van der Waals surface area contributed by atoms with Crippen molar-refractivity contribution in [2.24, 2.45) is 0 Å². The predicted octanol–water partition coefficient (Wildman–Crippen LogP) is 1.21. The second-order valence-electron chi connectivity index (χ2n) is 1.40. The Hall–Kier alpha value is 1.01. The molecule has 0 aromatic rings. The fourth-order valence-electron chi connectivity index (χ4n) is 0.344. The summed E-state index contributed by atoms with van der Waals surface area (Å²) in [5.41, 5.74) is 0. The van der Waals surface area contributed by atoms with Gasteiger partial charge in [-0.2, -0.15) is 0 Å².